The summed E-state index contributed by atoms with van der Waals surface area (Å²) in [6.45, 7) is 2.83. The largest absolute Gasteiger partial charge is 0.336 e. The first-order valence-electron chi connectivity index (χ1n) is 4.67. The highest BCUT2D eigenvalue weighted by molar-refractivity contribution is 5.79. The Bertz CT molecular complexity index is 221. The van der Waals surface area contributed by atoms with E-state index < -0.39 is 12.3 Å². The van der Waals surface area contributed by atoms with Crippen molar-refractivity contribution in [2.24, 2.45) is 5.92 Å². The van der Waals surface area contributed by atoms with Gasteiger partial charge in [-0.25, -0.2) is 0 Å². The molecule has 0 aromatic rings. The molecule has 0 bridgehead atoms. The molecule has 0 aromatic carbocycles. The molecule has 1 rings (SSSR count). The van der Waals surface area contributed by atoms with Gasteiger partial charge in [-0.3, -0.25) is 4.79 Å². The molecule has 1 aliphatic rings. The second kappa shape index (κ2) is 4.21. The van der Waals surface area contributed by atoms with E-state index in [1.54, 1.807) is 0 Å². The lowest BCUT2D eigenvalue weighted by Gasteiger charge is -2.22. The number of rotatable bonds is 2. The van der Waals surface area contributed by atoms with E-state index in [0.717, 1.165) is 0 Å². The molecule has 1 aliphatic heterocycles. The molecule has 0 spiro atoms. The lowest BCUT2D eigenvalue weighted by Crippen LogP contribution is -2.37. The third-order valence-corrected chi connectivity index (χ3v) is 2.73. The molecule has 5 heteroatoms. The van der Waals surface area contributed by atoms with Gasteiger partial charge in [-0.15, -0.1) is 0 Å². The van der Waals surface area contributed by atoms with E-state index in [4.69, 9.17) is 0 Å². The molecule has 1 fully saturated rings. The molecule has 0 radical (unpaired) electrons. The highest BCUT2D eigenvalue weighted by Gasteiger charge is 2.36. The SMILES string of the molecule is CC1CN(C(=O)C(F)F)CC1N(C)C. The average molecular weight is 206 g/mol. The second-order valence-electron chi connectivity index (χ2n) is 4.05. The Hall–Kier alpha value is -0.710. The molecule has 2 atom stereocenters. The van der Waals surface area contributed by atoms with Crippen molar-refractivity contribution >= 4 is 5.91 Å². The number of carbonyl (C=O) groups is 1. The zero-order valence-corrected chi connectivity index (χ0v) is 8.70. The predicted molar refractivity (Wildman–Crippen MR) is 49.2 cm³/mol. The fraction of sp³-hybridized carbons (Fsp3) is 0.889. The Kier molecular flexibility index (Phi) is 3.42. The van der Waals surface area contributed by atoms with Gasteiger partial charge in [0, 0.05) is 19.1 Å². The van der Waals surface area contributed by atoms with Crippen molar-refractivity contribution in [1.29, 1.82) is 0 Å². The van der Waals surface area contributed by atoms with Crippen LogP contribution in [0.5, 0.6) is 0 Å². The smallest absolute Gasteiger partial charge is 0.315 e. The minimum absolute atomic E-state index is 0.192. The summed E-state index contributed by atoms with van der Waals surface area (Å²) in [5.74, 6) is -0.783. The first-order valence-corrected chi connectivity index (χ1v) is 4.67. The Morgan fingerprint density at radius 1 is 1.43 bits per heavy atom. The maximum Gasteiger partial charge on any atom is 0.315 e. The van der Waals surface area contributed by atoms with E-state index >= 15 is 0 Å². The van der Waals surface area contributed by atoms with Gasteiger partial charge in [0.1, 0.15) is 0 Å². The molecule has 0 aliphatic carbocycles. The summed E-state index contributed by atoms with van der Waals surface area (Å²) in [6.07, 6.45) is -2.87. The van der Waals surface area contributed by atoms with Gasteiger partial charge in [-0.1, -0.05) is 6.92 Å². The van der Waals surface area contributed by atoms with Crippen molar-refractivity contribution in [2.45, 2.75) is 19.4 Å². The van der Waals surface area contributed by atoms with Gasteiger partial charge >= 0.3 is 6.43 Å². The summed E-state index contributed by atoms with van der Waals surface area (Å²) in [6, 6.07) is 0.192. The third-order valence-electron chi connectivity index (χ3n) is 2.73. The number of hydrogen-bond acceptors (Lipinski definition) is 2. The number of nitrogens with zero attached hydrogens (tertiary/aromatic N) is 2. The number of carbonyl (C=O) groups excluding carboxylic acids is 1. The molecule has 14 heavy (non-hydrogen) atoms. The highest BCUT2D eigenvalue weighted by atomic mass is 19.3. The average Bonchev–Trinajstić information content (AvgIpc) is 2.45. The van der Waals surface area contributed by atoms with Crippen LogP contribution < -0.4 is 0 Å². The van der Waals surface area contributed by atoms with Crippen molar-refractivity contribution in [3.05, 3.63) is 0 Å². The van der Waals surface area contributed by atoms with E-state index in [2.05, 4.69) is 0 Å². The number of likely N-dealkylation sites (N-methyl/N-ethyl adjacent to an activating group) is 1. The van der Waals surface area contributed by atoms with Crippen LogP contribution in [0.25, 0.3) is 0 Å². The van der Waals surface area contributed by atoms with Gasteiger partial charge in [0.05, 0.1) is 0 Å². The predicted octanol–water partition coefficient (Wildman–Crippen LogP) is 0.660. The lowest BCUT2D eigenvalue weighted by atomic mass is 10.1. The molecule has 82 valence electrons. The molecular formula is C9H16F2N2O. The standard InChI is InChI=1S/C9H16F2N2O/c1-6-4-13(9(14)8(10)11)5-7(6)12(2)3/h6-8H,4-5H2,1-3H3. The van der Waals surface area contributed by atoms with Crippen LogP contribution in [-0.2, 0) is 4.79 Å². The molecular weight excluding hydrogens is 190 g/mol. The second-order valence-corrected chi connectivity index (χ2v) is 4.05. The number of likely N-dealkylation sites (tertiary alicyclic amines) is 1. The van der Waals surface area contributed by atoms with Gasteiger partial charge in [-0.2, -0.15) is 8.78 Å². The van der Waals surface area contributed by atoms with Crippen LogP contribution >= 0.6 is 0 Å². The van der Waals surface area contributed by atoms with Gasteiger partial charge in [0.15, 0.2) is 0 Å². The quantitative estimate of drug-likeness (QED) is 0.662. The van der Waals surface area contributed by atoms with Crippen LogP contribution in [0.2, 0.25) is 0 Å². The first kappa shape index (κ1) is 11.4. The molecule has 1 saturated heterocycles. The van der Waals surface area contributed by atoms with Crippen LogP contribution in [0.3, 0.4) is 0 Å². The molecule has 0 N–H and O–H groups in total. The Morgan fingerprint density at radius 2 is 2.00 bits per heavy atom. The number of amides is 1. The van der Waals surface area contributed by atoms with Crippen LogP contribution in [0.4, 0.5) is 8.78 Å². The molecule has 1 heterocycles. The molecule has 2 unspecified atom stereocenters. The minimum atomic E-state index is -2.87. The lowest BCUT2D eigenvalue weighted by molar-refractivity contribution is -0.141. The minimum Gasteiger partial charge on any atom is -0.336 e. The van der Waals surface area contributed by atoms with E-state index in [9.17, 15) is 13.6 Å². The molecule has 1 amide bonds. The van der Waals surface area contributed by atoms with E-state index in [1.165, 1.54) is 4.90 Å². The third kappa shape index (κ3) is 2.20. The van der Waals surface area contributed by atoms with Crippen molar-refractivity contribution in [1.82, 2.24) is 9.80 Å². The van der Waals surface area contributed by atoms with Crippen LogP contribution in [0.1, 0.15) is 6.92 Å². The summed E-state index contributed by atoms with van der Waals surface area (Å²) in [4.78, 5) is 14.2. The summed E-state index contributed by atoms with van der Waals surface area (Å²) in [5.41, 5.74) is 0. The van der Waals surface area contributed by atoms with Gasteiger partial charge in [0.25, 0.3) is 5.91 Å². The van der Waals surface area contributed by atoms with Crippen molar-refractivity contribution in [2.75, 3.05) is 27.2 Å². The van der Waals surface area contributed by atoms with E-state index in [1.807, 2.05) is 25.9 Å². The topological polar surface area (TPSA) is 23.6 Å². The number of halogens is 2. The summed E-state index contributed by atoms with van der Waals surface area (Å²) in [7, 11) is 3.80. The highest BCUT2D eigenvalue weighted by Crippen LogP contribution is 2.21. The summed E-state index contributed by atoms with van der Waals surface area (Å²) < 4.78 is 24.3. The fourth-order valence-corrected chi connectivity index (χ4v) is 1.94. The van der Waals surface area contributed by atoms with E-state index in [-0.39, 0.29) is 12.0 Å². The van der Waals surface area contributed by atoms with Crippen molar-refractivity contribution < 1.29 is 13.6 Å². The number of alkyl halides is 2. The van der Waals surface area contributed by atoms with Crippen molar-refractivity contribution in [3.8, 4) is 0 Å². The van der Waals surface area contributed by atoms with E-state index in [0.29, 0.717) is 13.1 Å². The van der Waals surface area contributed by atoms with Gasteiger partial charge in [-0.05, 0) is 20.0 Å². The summed E-state index contributed by atoms with van der Waals surface area (Å²) in [5, 5.41) is 0. The molecule has 3 nitrogen and oxygen atoms in total. The van der Waals surface area contributed by atoms with Crippen molar-refractivity contribution in [3.63, 3.8) is 0 Å². The molecule has 0 saturated carbocycles. The van der Waals surface area contributed by atoms with Gasteiger partial charge < -0.3 is 9.80 Å². The summed E-state index contributed by atoms with van der Waals surface area (Å²) >= 11 is 0. The Balaban J connectivity index is 2.59. The zero-order valence-electron chi connectivity index (χ0n) is 8.70. The van der Waals surface area contributed by atoms with Crippen LogP contribution in [0, 0.1) is 5.92 Å². The molecule has 0 aromatic heterocycles. The van der Waals surface area contributed by atoms with Crippen LogP contribution in [-0.4, -0.2) is 55.4 Å². The maximum absolute atomic E-state index is 12.1. The van der Waals surface area contributed by atoms with Gasteiger partial charge in [0.2, 0.25) is 0 Å². The normalized spacial score (nSPS) is 27.8. The monoisotopic (exact) mass is 206 g/mol. The number of hydrogen-bond donors (Lipinski definition) is 0. The first-order chi connectivity index (χ1) is 6.43. The Morgan fingerprint density at radius 3 is 2.36 bits per heavy atom. The fourth-order valence-electron chi connectivity index (χ4n) is 1.94. The maximum atomic E-state index is 12.1. The zero-order chi connectivity index (χ0) is 10.9. The Labute approximate surface area is 82.7 Å². The van der Waals surface area contributed by atoms with Crippen LogP contribution in [0.15, 0.2) is 0 Å².